The number of benzene rings is 2. The van der Waals surface area contributed by atoms with Crippen LogP contribution in [0.15, 0.2) is 59.6 Å². The Morgan fingerprint density at radius 2 is 1.77 bits per heavy atom. The van der Waals surface area contributed by atoms with Crippen LogP contribution in [0.5, 0.6) is 11.5 Å². The number of amides is 1. The van der Waals surface area contributed by atoms with Crippen molar-refractivity contribution in [2.24, 2.45) is 5.92 Å². The molecule has 1 saturated heterocycles. The van der Waals surface area contributed by atoms with Gasteiger partial charge in [-0.05, 0) is 48.9 Å². The summed E-state index contributed by atoms with van der Waals surface area (Å²) in [6.07, 6.45) is 4.69. The van der Waals surface area contributed by atoms with E-state index in [-0.39, 0.29) is 16.7 Å². The van der Waals surface area contributed by atoms with E-state index in [1.807, 2.05) is 12.1 Å². The topological polar surface area (TPSA) is 89.9 Å². The maximum Gasteiger partial charge on any atom is 0.243 e. The Bertz CT molecular complexity index is 1300. The molecule has 1 fully saturated rings. The number of aromatic nitrogens is 1. The van der Waals surface area contributed by atoms with Crippen molar-refractivity contribution in [3.05, 3.63) is 54.7 Å². The number of aryl methyl sites for hydroxylation is 1. The van der Waals surface area contributed by atoms with E-state index in [1.165, 1.54) is 15.2 Å². The summed E-state index contributed by atoms with van der Waals surface area (Å²) in [5.74, 6) is 0.875. The van der Waals surface area contributed by atoms with Crippen LogP contribution in [0.3, 0.4) is 0 Å². The van der Waals surface area contributed by atoms with E-state index >= 15 is 0 Å². The van der Waals surface area contributed by atoms with Crippen molar-refractivity contribution in [1.82, 2.24) is 14.2 Å². The number of carbonyl (C=O) groups is 1. The van der Waals surface area contributed by atoms with Crippen LogP contribution in [0.2, 0.25) is 0 Å². The molecule has 0 spiro atoms. The zero-order chi connectivity index (χ0) is 24.3. The summed E-state index contributed by atoms with van der Waals surface area (Å²) in [6.45, 7) is 3.13. The Morgan fingerprint density at radius 3 is 2.60 bits per heavy atom. The number of rotatable bonds is 7. The average molecular weight is 498 g/mol. The Labute approximate surface area is 205 Å². The quantitative estimate of drug-likeness (QED) is 0.506. The lowest BCUT2D eigenvalue weighted by atomic mass is 9.97. The lowest BCUT2D eigenvalue weighted by molar-refractivity contribution is -0.126. The molecule has 3 heterocycles. The summed E-state index contributed by atoms with van der Waals surface area (Å²) in [5.41, 5.74) is 1.20. The number of hydrogen-bond acceptors (Lipinski definition) is 5. The monoisotopic (exact) mass is 497 g/mol. The van der Waals surface area contributed by atoms with Crippen molar-refractivity contribution in [2.75, 3.05) is 32.8 Å². The van der Waals surface area contributed by atoms with Gasteiger partial charge in [-0.25, -0.2) is 8.42 Å². The van der Waals surface area contributed by atoms with Crippen LogP contribution < -0.4 is 14.8 Å². The first-order chi connectivity index (χ1) is 17.0. The molecular formula is C26H31N3O5S. The maximum absolute atomic E-state index is 13.2. The summed E-state index contributed by atoms with van der Waals surface area (Å²) >= 11 is 0. The minimum absolute atomic E-state index is 0.00925. The molecule has 2 aliphatic rings. The normalized spacial score (nSPS) is 17.3. The highest BCUT2D eigenvalue weighted by atomic mass is 32.2. The third-order valence-electron chi connectivity index (χ3n) is 6.74. The van der Waals surface area contributed by atoms with Crippen LogP contribution in [-0.4, -0.2) is 56.0 Å². The molecule has 9 heteroatoms. The first-order valence-corrected chi connectivity index (χ1v) is 13.7. The average Bonchev–Trinajstić information content (AvgIpc) is 3.14. The summed E-state index contributed by atoms with van der Waals surface area (Å²) in [6, 6.07) is 15.1. The zero-order valence-corrected chi connectivity index (χ0v) is 20.5. The van der Waals surface area contributed by atoms with Crippen LogP contribution in [0.1, 0.15) is 25.7 Å². The molecule has 0 unspecified atom stereocenters. The van der Waals surface area contributed by atoms with Crippen LogP contribution in [0, 0.1) is 5.92 Å². The van der Waals surface area contributed by atoms with Gasteiger partial charge in [0, 0.05) is 56.3 Å². The molecule has 2 aliphatic heterocycles. The van der Waals surface area contributed by atoms with Crippen LogP contribution in [-0.2, 0) is 21.4 Å². The molecule has 3 aromatic rings. The fourth-order valence-corrected chi connectivity index (χ4v) is 6.24. The van der Waals surface area contributed by atoms with Gasteiger partial charge in [-0.15, -0.1) is 0 Å². The molecule has 8 nitrogen and oxygen atoms in total. The number of ether oxygens (including phenoxy) is 2. The number of para-hydroxylation sites is 1. The van der Waals surface area contributed by atoms with Crippen LogP contribution in [0.4, 0.5) is 0 Å². The highest BCUT2D eigenvalue weighted by molar-refractivity contribution is 7.89. The SMILES string of the molecule is O=C(NCCCn1ccc2ccccc21)C1CCN(S(=O)(=O)c2ccc3c(c2)OCCCO3)CC1. The molecule has 0 radical (unpaired) electrons. The number of sulfonamides is 1. The van der Waals surface area contributed by atoms with Gasteiger partial charge in [0.1, 0.15) is 0 Å². The molecule has 5 rings (SSSR count). The zero-order valence-electron chi connectivity index (χ0n) is 19.7. The van der Waals surface area contributed by atoms with Crippen molar-refractivity contribution < 1.29 is 22.7 Å². The second-order valence-corrected chi connectivity index (χ2v) is 11.0. The van der Waals surface area contributed by atoms with Gasteiger partial charge < -0.3 is 19.4 Å². The Kier molecular flexibility index (Phi) is 6.97. The van der Waals surface area contributed by atoms with Gasteiger partial charge in [-0.2, -0.15) is 4.31 Å². The van der Waals surface area contributed by atoms with Gasteiger partial charge >= 0.3 is 0 Å². The lowest BCUT2D eigenvalue weighted by Crippen LogP contribution is -2.43. The lowest BCUT2D eigenvalue weighted by Gasteiger charge is -2.30. The third kappa shape index (κ3) is 5.16. The highest BCUT2D eigenvalue weighted by Gasteiger charge is 2.32. The number of nitrogens with one attached hydrogen (secondary N) is 1. The number of hydrogen-bond donors (Lipinski definition) is 1. The van der Waals surface area contributed by atoms with E-state index < -0.39 is 10.0 Å². The summed E-state index contributed by atoms with van der Waals surface area (Å²) in [5, 5.41) is 4.25. The van der Waals surface area contributed by atoms with E-state index in [9.17, 15) is 13.2 Å². The molecule has 0 aliphatic carbocycles. The molecule has 2 aromatic carbocycles. The molecule has 1 amide bonds. The van der Waals surface area contributed by atoms with Gasteiger partial charge in [0.05, 0.1) is 18.1 Å². The number of carbonyl (C=O) groups excluding carboxylic acids is 1. The van der Waals surface area contributed by atoms with Crippen molar-refractivity contribution >= 4 is 26.8 Å². The smallest absolute Gasteiger partial charge is 0.243 e. The van der Waals surface area contributed by atoms with Crippen molar-refractivity contribution in [1.29, 1.82) is 0 Å². The van der Waals surface area contributed by atoms with E-state index in [4.69, 9.17) is 9.47 Å². The van der Waals surface area contributed by atoms with E-state index in [0.717, 1.165) is 19.4 Å². The van der Waals surface area contributed by atoms with E-state index in [1.54, 1.807) is 18.2 Å². The van der Waals surface area contributed by atoms with Gasteiger partial charge in [-0.1, -0.05) is 18.2 Å². The Morgan fingerprint density at radius 1 is 1.00 bits per heavy atom. The largest absolute Gasteiger partial charge is 0.490 e. The van der Waals surface area contributed by atoms with Gasteiger partial charge in [-0.3, -0.25) is 4.79 Å². The Balaban J connectivity index is 1.11. The second kappa shape index (κ2) is 10.3. The minimum atomic E-state index is -3.66. The molecule has 0 saturated carbocycles. The fourth-order valence-electron chi connectivity index (χ4n) is 4.75. The molecule has 1 N–H and O–H groups in total. The van der Waals surface area contributed by atoms with Crippen molar-refractivity contribution in [3.63, 3.8) is 0 Å². The first-order valence-electron chi connectivity index (χ1n) is 12.2. The second-order valence-electron chi connectivity index (χ2n) is 9.05. The Hall–Kier alpha value is -3.04. The molecule has 0 atom stereocenters. The summed E-state index contributed by atoms with van der Waals surface area (Å²) < 4.78 is 41.3. The fraction of sp³-hybridized carbons (Fsp3) is 0.423. The molecule has 1 aromatic heterocycles. The third-order valence-corrected chi connectivity index (χ3v) is 8.63. The van der Waals surface area contributed by atoms with Crippen molar-refractivity contribution in [2.45, 2.75) is 37.1 Å². The van der Waals surface area contributed by atoms with Gasteiger partial charge in [0.15, 0.2) is 11.5 Å². The van der Waals surface area contributed by atoms with Crippen LogP contribution in [0.25, 0.3) is 10.9 Å². The highest BCUT2D eigenvalue weighted by Crippen LogP contribution is 2.33. The summed E-state index contributed by atoms with van der Waals surface area (Å²) in [7, 11) is -3.66. The van der Waals surface area contributed by atoms with Crippen molar-refractivity contribution in [3.8, 4) is 11.5 Å². The molecule has 35 heavy (non-hydrogen) atoms. The standard InChI is InChI=1S/C26H31N3O5S/c30-26(27-12-3-13-28-14-9-20-5-1-2-6-23(20)28)21-10-15-29(16-11-21)35(31,32)22-7-8-24-25(19-22)34-18-4-17-33-24/h1-2,5-9,14,19,21H,3-4,10-13,15-18H2,(H,27,30). The number of fused-ring (bicyclic) bond motifs is 2. The molecule has 186 valence electrons. The summed E-state index contributed by atoms with van der Waals surface area (Å²) in [4.78, 5) is 12.9. The maximum atomic E-state index is 13.2. The predicted molar refractivity (Wildman–Crippen MR) is 133 cm³/mol. The van der Waals surface area contributed by atoms with Crippen LogP contribution >= 0.6 is 0 Å². The molecular weight excluding hydrogens is 466 g/mol. The molecule has 0 bridgehead atoms. The van der Waals surface area contributed by atoms with E-state index in [0.29, 0.717) is 57.2 Å². The van der Waals surface area contributed by atoms with Gasteiger partial charge in [0.2, 0.25) is 15.9 Å². The first kappa shape index (κ1) is 23.7. The predicted octanol–water partition coefficient (Wildman–Crippen LogP) is 3.41. The number of nitrogens with zero attached hydrogens (tertiary/aromatic N) is 2. The van der Waals surface area contributed by atoms with Gasteiger partial charge in [0.25, 0.3) is 0 Å². The van der Waals surface area contributed by atoms with E-state index in [2.05, 4.69) is 34.3 Å². The minimum Gasteiger partial charge on any atom is -0.490 e. The number of piperidine rings is 1.